The van der Waals surface area contributed by atoms with E-state index in [1.165, 1.54) is 12.0 Å². The Hall–Kier alpha value is -3.31. The van der Waals surface area contributed by atoms with E-state index in [2.05, 4.69) is 23.3 Å². The van der Waals surface area contributed by atoms with Crippen molar-refractivity contribution in [2.45, 2.75) is 31.6 Å². The van der Waals surface area contributed by atoms with Crippen molar-refractivity contribution in [1.82, 2.24) is 14.6 Å². The summed E-state index contributed by atoms with van der Waals surface area (Å²) >= 11 is 6.31. The molecule has 1 aliphatic carbocycles. The number of ether oxygens (including phenoxy) is 1. The number of H-pyrrole nitrogens is 1. The molecule has 0 spiro atoms. The maximum Gasteiger partial charge on any atom is 0.280 e. The molecule has 6 heteroatoms. The molecule has 5 nitrogen and oxygen atoms in total. The number of fused-ring (bicyclic) bond motifs is 1. The van der Waals surface area contributed by atoms with E-state index in [0.717, 1.165) is 47.4 Å². The van der Waals surface area contributed by atoms with E-state index in [1.807, 2.05) is 42.5 Å². The maximum atomic E-state index is 13.7. The molecule has 4 aromatic rings. The lowest BCUT2D eigenvalue weighted by molar-refractivity contribution is 0.415. The highest BCUT2D eigenvalue weighted by Gasteiger charge is 2.23. The lowest BCUT2D eigenvalue weighted by Gasteiger charge is -2.14. The van der Waals surface area contributed by atoms with Gasteiger partial charge >= 0.3 is 0 Å². The van der Waals surface area contributed by atoms with Crippen LogP contribution in [-0.2, 0) is 5.88 Å². The first-order valence-corrected chi connectivity index (χ1v) is 11.4. The predicted octanol–water partition coefficient (Wildman–Crippen LogP) is 6.06. The minimum Gasteiger partial charge on any atom is -0.497 e. The Kier molecular flexibility index (Phi) is 5.58. The van der Waals surface area contributed by atoms with Crippen LogP contribution in [0.15, 0.2) is 65.5 Å². The van der Waals surface area contributed by atoms with Crippen molar-refractivity contribution >= 4 is 22.8 Å². The zero-order valence-corrected chi connectivity index (χ0v) is 18.7. The molecule has 2 heterocycles. The van der Waals surface area contributed by atoms with E-state index in [9.17, 15) is 4.79 Å². The average molecular weight is 446 g/mol. The second-order valence-electron chi connectivity index (χ2n) is 7.96. The van der Waals surface area contributed by atoms with E-state index >= 15 is 0 Å². The topological polar surface area (TPSA) is 59.4 Å². The molecule has 0 bridgehead atoms. The minimum absolute atomic E-state index is 0.150. The van der Waals surface area contributed by atoms with Crippen molar-refractivity contribution in [3.63, 3.8) is 0 Å². The van der Waals surface area contributed by atoms with Gasteiger partial charge in [0.2, 0.25) is 0 Å². The number of alkyl halides is 1. The Morgan fingerprint density at radius 3 is 2.47 bits per heavy atom. The van der Waals surface area contributed by atoms with Crippen LogP contribution in [0.4, 0.5) is 0 Å². The molecule has 162 valence electrons. The van der Waals surface area contributed by atoms with Crippen LogP contribution >= 0.6 is 11.6 Å². The molecule has 0 radical (unpaired) electrons. The highest BCUT2D eigenvalue weighted by Crippen LogP contribution is 2.36. The van der Waals surface area contributed by atoms with E-state index in [4.69, 9.17) is 21.3 Å². The first kappa shape index (κ1) is 20.6. The summed E-state index contributed by atoms with van der Waals surface area (Å²) in [5.74, 6) is 0.880. The largest absolute Gasteiger partial charge is 0.497 e. The molecule has 0 saturated heterocycles. The summed E-state index contributed by atoms with van der Waals surface area (Å²) in [6.45, 7) is 0. The van der Waals surface area contributed by atoms with Crippen molar-refractivity contribution in [1.29, 1.82) is 0 Å². The lowest BCUT2D eigenvalue weighted by atomic mass is 9.92. The van der Waals surface area contributed by atoms with Crippen molar-refractivity contribution in [2.75, 3.05) is 7.11 Å². The van der Waals surface area contributed by atoms with E-state index in [0.29, 0.717) is 16.9 Å². The van der Waals surface area contributed by atoms with Crippen LogP contribution in [-0.4, -0.2) is 21.7 Å². The molecular formula is C26H24ClN3O2. The van der Waals surface area contributed by atoms with Gasteiger partial charge in [-0.05, 0) is 49.0 Å². The molecule has 0 amide bonds. The third kappa shape index (κ3) is 3.53. The number of hydrogen-bond acceptors (Lipinski definition) is 3. The molecule has 5 rings (SSSR count). The van der Waals surface area contributed by atoms with Crippen molar-refractivity contribution in [2.24, 2.45) is 0 Å². The van der Waals surface area contributed by atoms with Gasteiger partial charge in [-0.25, -0.2) is 4.98 Å². The molecule has 0 aliphatic heterocycles. The smallest absolute Gasteiger partial charge is 0.280 e. The van der Waals surface area contributed by atoms with Crippen LogP contribution in [0, 0.1) is 0 Å². The Labute approximate surface area is 191 Å². The molecule has 0 saturated carbocycles. The van der Waals surface area contributed by atoms with Crippen molar-refractivity contribution < 1.29 is 4.74 Å². The summed E-state index contributed by atoms with van der Waals surface area (Å²) in [7, 11) is 1.62. The number of nitrogens with zero attached hydrogens (tertiary/aromatic N) is 2. The third-order valence-corrected chi connectivity index (χ3v) is 6.29. The molecule has 1 N–H and O–H groups in total. The molecule has 32 heavy (non-hydrogen) atoms. The molecule has 0 unspecified atom stereocenters. The number of aromatic amines is 1. The van der Waals surface area contributed by atoms with Crippen LogP contribution in [0.25, 0.3) is 33.6 Å². The molecule has 2 aromatic heterocycles. The second-order valence-corrected chi connectivity index (χ2v) is 8.23. The number of benzene rings is 2. The summed E-state index contributed by atoms with van der Waals surface area (Å²) in [6.07, 6.45) is 6.61. The summed E-state index contributed by atoms with van der Waals surface area (Å²) in [6, 6.07) is 17.5. The van der Waals surface area contributed by atoms with Gasteiger partial charge in [-0.15, -0.1) is 11.6 Å². The fraction of sp³-hybridized carbons (Fsp3) is 0.231. The quantitative estimate of drug-likeness (QED) is 0.380. The van der Waals surface area contributed by atoms with Crippen LogP contribution in [0.1, 0.15) is 36.9 Å². The average Bonchev–Trinajstić information content (AvgIpc) is 3.25. The Balaban J connectivity index is 1.81. The zero-order chi connectivity index (χ0) is 22.1. The van der Waals surface area contributed by atoms with Gasteiger partial charge in [0.25, 0.3) is 5.56 Å². The summed E-state index contributed by atoms with van der Waals surface area (Å²) in [5.41, 5.74) is 6.50. The number of aromatic nitrogens is 3. The van der Waals surface area contributed by atoms with Gasteiger partial charge in [0.1, 0.15) is 5.75 Å². The lowest BCUT2D eigenvalue weighted by Crippen LogP contribution is -2.20. The molecule has 2 aromatic carbocycles. The van der Waals surface area contributed by atoms with E-state index < -0.39 is 0 Å². The van der Waals surface area contributed by atoms with E-state index in [1.54, 1.807) is 11.6 Å². The first-order chi connectivity index (χ1) is 15.7. The maximum absolute atomic E-state index is 13.7. The van der Waals surface area contributed by atoms with Gasteiger partial charge in [-0.1, -0.05) is 48.5 Å². The summed E-state index contributed by atoms with van der Waals surface area (Å²) < 4.78 is 6.83. The van der Waals surface area contributed by atoms with Gasteiger partial charge in [0.15, 0.2) is 5.65 Å². The SMILES string of the molecule is COc1ccc(-c2c(CCl)nc3c(C4=CCCCC4)c(-c4ccccc4)[nH]n3c2=O)cc1. The highest BCUT2D eigenvalue weighted by atomic mass is 35.5. The van der Waals surface area contributed by atoms with Gasteiger partial charge in [-0.3, -0.25) is 9.89 Å². The fourth-order valence-electron chi connectivity index (χ4n) is 4.44. The van der Waals surface area contributed by atoms with E-state index in [-0.39, 0.29) is 11.4 Å². The normalized spacial score (nSPS) is 13.9. The Bertz CT molecular complexity index is 1350. The van der Waals surface area contributed by atoms with Crippen molar-refractivity contribution in [3.05, 3.63) is 82.3 Å². The van der Waals surface area contributed by atoms with Gasteiger partial charge < -0.3 is 4.74 Å². The molecule has 1 aliphatic rings. The van der Waals surface area contributed by atoms with Crippen LogP contribution in [0.5, 0.6) is 5.75 Å². The first-order valence-electron chi connectivity index (χ1n) is 10.8. The predicted molar refractivity (Wildman–Crippen MR) is 129 cm³/mol. The third-order valence-electron chi connectivity index (χ3n) is 6.04. The van der Waals surface area contributed by atoms with Crippen LogP contribution in [0.2, 0.25) is 0 Å². The number of halogens is 1. The number of allylic oxidation sites excluding steroid dienone is 2. The monoisotopic (exact) mass is 445 g/mol. The van der Waals surface area contributed by atoms with Gasteiger partial charge in [-0.2, -0.15) is 4.52 Å². The Morgan fingerprint density at radius 2 is 1.81 bits per heavy atom. The van der Waals surface area contributed by atoms with Gasteiger partial charge in [0.05, 0.1) is 29.9 Å². The molecular weight excluding hydrogens is 422 g/mol. The summed E-state index contributed by atoms with van der Waals surface area (Å²) in [5, 5.41) is 3.36. The number of hydrogen-bond donors (Lipinski definition) is 1. The highest BCUT2D eigenvalue weighted by molar-refractivity contribution is 6.17. The van der Waals surface area contributed by atoms with Crippen molar-refractivity contribution in [3.8, 4) is 28.1 Å². The second kappa shape index (κ2) is 8.67. The number of rotatable bonds is 5. The fourth-order valence-corrected chi connectivity index (χ4v) is 4.64. The molecule has 0 fully saturated rings. The molecule has 0 atom stereocenters. The van der Waals surface area contributed by atoms with Crippen LogP contribution < -0.4 is 10.3 Å². The number of nitrogens with one attached hydrogen (secondary N) is 1. The zero-order valence-electron chi connectivity index (χ0n) is 17.9. The van der Waals surface area contributed by atoms with Gasteiger partial charge in [0, 0.05) is 11.1 Å². The Morgan fingerprint density at radius 1 is 1.03 bits per heavy atom. The summed E-state index contributed by atoms with van der Waals surface area (Å²) in [4.78, 5) is 18.6. The number of methoxy groups -OCH3 is 1. The van der Waals surface area contributed by atoms with Crippen LogP contribution in [0.3, 0.4) is 0 Å². The minimum atomic E-state index is -0.157. The standard InChI is InChI=1S/C26H24ClN3O2/c1-32-20-14-12-18(13-15-20)22-21(16-27)28-25-23(17-8-4-2-5-9-17)24(29-30(25)26(22)31)19-10-6-3-7-11-19/h3,6-8,10-15,29H,2,4-5,9,16H2,1H3.